The molecule has 1 heterocycles. The van der Waals surface area contributed by atoms with Crippen LogP contribution in [0.5, 0.6) is 5.75 Å². The smallest absolute Gasteiger partial charge is 0.227 e. The van der Waals surface area contributed by atoms with Crippen LogP contribution in [0.4, 0.5) is 5.69 Å². The molecule has 128 valence electrons. The van der Waals surface area contributed by atoms with Gasteiger partial charge in [0.25, 0.3) is 0 Å². The van der Waals surface area contributed by atoms with Gasteiger partial charge >= 0.3 is 0 Å². The Morgan fingerprint density at radius 3 is 2.62 bits per heavy atom. The Balaban J connectivity index is 1.67. The highest BCUT2D eigenvalue weighted by Gasteiger charge is 2.10. The first-order valence-corrected chi connectivity index (χ1v) is 8.54. The number of aromatic hydroxyl groups is 1. The molecule has 0 aliphatic carbocycles. The summed E-state index contributed by atoms with van der Waals surface area (Å²) in [4.78, 5) is 8.89. The number of aromatic nitrogens is 1. The van der Waals surface area contributed by atoms with Crippen LogP contribution in [-0.2, 0) is 0 Å². The molecule has 4 rings (SSSR count). The molecular formula is C20H12Cl2N2O2. The maximum absolute atomic E-state index is 9.79. The van der Waals surface area contributed by atoms with E-state index in [0.29, 0.717) is 38.3 Å². The van der Waals surface area contributed by atoms with Crippen LogP contribution in [-0.4, -0.2) is 16.3 Å². The minimum Gasteiger partial charge on any atom is -0.507 e. The maximum atomic E-state index is 9.79. The number of nitrogens with zero attached hydrogens (tertiary/aromatic N) is 2. The highest BCUT2D eigenvalue weighted by molar-refractivity contribution is 6.42. The zero-order chi connectivity index (χ0) is 18.1. The lowest BCUT2D eigenvalue weighted by Crippen LogP contribution is -1.80. The summed E-state index contributed by atoms with van der Waals surface area (Å²) in [6.45, 7) is 0. The average molecular weight is 383 g/mol. The Morgan fingerprint density at radius 1 is 0.962 bits per heavy atom. The minimum atomic E-state index is 0.181. The highest BCUT2D eigenvalue weighted by Crippen LogP contribution is 2.31. The molecule has 0 spiro atoms. The van der Waals surface area contributed by atoms with Gasteiger partial charge in [0.05, 0.1) is 15.7 Å². The van der Waals surface area contributed by atoms with Crippen LogP contribution in [0.25, 0.3) is 22.6 Å². The lowest BCUT2D eigenvalue weighted by Gasteiger charge is -1.97. The van der Waals surface area contributed by atoms with Crippen LogP contribution >= 0.6 is 23.2 Å². The first kappa shape index (κ1) is 16.6. The number of fused-ring (bicyclic) bond motifs is 1. The van der Waals surface area contributed by atoms with E-state index in [-0.39, 0.29) is 5.75 Å². The van der Waals surface area contributed by atoms with E-state index in [2.05, 4.69) is 9.98 Å². The molecular weight excluding hydrogens is 371 g/mol. The van der Waals surface area contributed by atoms with E-state index in [0.717, 1.165) is 5.56 Å². The number of benzene rings is 3. The van der Waals surface area contributed by atoms with Crippen LogP contribution in [0, 0.1) is 0 Å². The molecule has 1 N–H and O–H groups in total. The number of halogens is 2. The summed E-state index contributed by atoms with van der Waals surface area (Å²) in [5.74, 6) is 0.640. The van der Waals surface area contributed by atoms with Gasteiger partial charge in [-0.25, -0.2) is 4.98 Å². The van der Waals surface area contributed by atoms with Gasteiger partial charge in [0.1, 0.15) is 11.3 Å². The van der Waals surface area contributed by atoms with E-state index in [1.807, 2.05) is 18.2 Å². The second-order valence-corrected chi connectivity index (χ2v) is 6.43. The van der Waals surface area contributed by atoms with Crippen molar-refractivity contribution in [3.63, 3.8) is 0 Å². The number of para-hydroxylation sites is 1. The molecule has 0 atom stereocenters. The van der Waals surface area contributed by atoms with E-state index >= 15 is 0 Å². The van der Waals surface area contributed by atoms with Gasteiger partial charge in [0, 0.05) is 17.3 Å². The number of oxazole rings is 1. The van der Waals surface area contributed by atoms with E-state index < -0.39 is 0 Å². The van der Waals surface area contributed by atoms with Crippen LogP contribution in [0.15, 0.2) is 70.1 Å². The van der Waals surface area contributed by atoms with Gasteiger partial charge in [-0.3, -0.25) is 4.99 Å². The third-order valence-corrected chi connectivity index (χ3v) is 4.57. The zero-order valence-electron chi connectivity index (χ0n) is 13.4. The number of aliphatic imine (C=N–C) groups is 1. The Kier molecular flexibility index (Phi) is 4.37. The zero-order valence-corrected chi connectivity index (χ0v) is 14.9. The van der Waals surface area contributed by atoms with E-state index in [1.165, 1.54) is 0 Å². The van der Waals surface area contributed by atoms with E-state index in [1.54, 1.807) is 48.7 Å². The number of phenolic OH excluding ortho intramolecular Hbond substituents is 1. The minimum absolute atomic E-state index is 0.181. The topological polar surface area (TPSA) is 58.6 Å². The van der Waals surface area contributed by atoms with Gasteiger partial charge in [0.2, 0.25) is 5.89 Å². The van der Waals surface area contributed by atoms with E-state index in [4.69, 9.17) is 27.6 Å². The Morgan fingerprint density at radius 2 is 1.81 bits per heavy atom. The van der Waals surface area contributed by atoms with Crippen LogP contribution in [0.1, 0.15) is 5.56 Å². The van der Waals surface area contributed by atoms with Crippen molar-refractivity contribution in [3.8, 4) is 17.2 Å². The molecule has 4 nitrogen and oxygen atoms in total. The van der Waals surface area contributed by atoms with Crippen molar-refractivity contribution in [2.24, 2.45) is 4.99 Å². The number of rotatable bonds is 3. The number of hydrogen-bond donors (Lipinski definition) is 1. The fourth-order valence-corrected chi connectivity index (χ4v) is 2.79. The molecule has 0 bridgehead atoms. The Hall–Kier alpha value is -2.82. The molecule has 0 fully saturated rings. The molecule has 0 unspecified atom stereocenters. The molecule has 0 amide bonds. The van der Waals surface area contributed by atoms with Crippen molar-refractivity contribution in [1.82, 2.24) is 4.98 Å². The van der Waals surface area contributed by atoms with Crippen molar-refractivity contribution in [2.45, 2.75) is 0 Å². The first-order chi connectivity index (χ1) is 12.6. The molecule has 4 aromatic rings. The standard InChI is InChI=1S/C20H12Cl2N2O2/c21-15-7-5-12(9-16(15)22)20-24-17-10-14(6-8-19(17)26-20)23-11-13-3-1-2-4-18(13)25/h1-11,25H. The molecule has 0 aliphatic rings. The quantitative estimate of drug-likeness (QED) is 0.425. The summed E-state index contributed by atoms with van der Waals surface area (Å²) in [5, 5.41) is 10.7. The summed E-state index contributed by atoms with van der Waals surface area (Å²) < 4.78 is 5.78. The molecule has 3 aromatic carbocycles. The number of hydrogen-bond acceptors (Lipinski definition) is 4. The Bertz CT molecular complexity index is 1140. The highest BCUT2D eigenvalue weighted by atomic mass is 35.5. The van der Waals surface area contributed by atoms with Crippen LogP contribution in [0.2, 0.25) is 10.0 Å². The van der Waals surface area contributed by atoms with E-state index in [9.17, 15) is 5.11 Å². The second-order valence-electron chi connectivity index (χ2n) is 5.62. The van der Waals surface area contributed by atoms with Gasteiger partial charge in [-0.05, 0) is 48.5 Å². The molecule has 0 saturated heterocycles. The maximum Gasteiger partial charge on any atom is 0.227 e. The molecule has 0 radical (unpaired) electrons. The van der Waals surface area contributed by atoms with Crippen LogP contribution < -0.4 is 0 Å². The SMILES string of the molecule is Oc1ccccc1C=Nc1ccc2oc(-c3ccc(Cl)c(Cl)c3)nc2c1. The van der Waals surface area contributed by atoms with Crippen molar-refractivity contribution in [2.75, 3.05) is 0 Å². The Labute approximate surface area is 159 Å². The lowest BCUT2D eigenvalue weighted by atomic mass is 10.2. The normalized spacial score (nSPS) is 11.5. The molecule has 1 aromatic heterocycles. The van der Waals surface area contributed by atoms with Crippen LogP contribution in [0.3, 0.4) is 0 Å². The fourth-order valence-electron chi connectivity index (χ4n) is 2.49. The largest absolute Gasteiger partial charge is 0.507 e. The molecule has 6 heteroatoms. The van der Waals surface area contributed by atoms with Gasteiger partial charge in [-0.1, -0.05) is 35.3 Å². The summed E-state index contributed by atoms with van der Waals surface area (Å²) in [6.07, 6.45) is 1.61. The summed E-state index contributed by atoms with van der Waals surface area (Å²) in [5.41, 5.74) is 3.42. The number of phenols is 1. The van der Waals surface area contributed by atoms with Crippen molar-refractivity contribution in [3.05, 3.63) is 76.3 Å². The fraction of sp³-hybridized carbons (Fsp3) is 0. The lowest BCUT2D eigenvalue weighted by molar-refractivity contribution is 0.474. The monoisotopic (exact) mass is 382 g/mol. The molecule has 26 heavy (non-hydrogen) atoms. The predicted octanol–water partition coefficient (Wildman–Crippen LogP) is 6.26. The summed E-state index contributed by atoms with van der Waals surface area (Å²) in [7, 11) is 0. The van der Waals surface area contributed by atoms with Gasteiger partial charge in [-0.2, -0.15) is 0 Å². The first-order valence-electron chi connectivity index (χ1n) is 7.78. The van der Waals surface area contributed by atoms with Gasteiger partial charge in [-0.15, -0.1) is 0 Å². The summed E-state index contributed by atoms with van der Waals surface area (Å²) in [6, 6.07) is 17.7. The van der Waals surface area contributed by atoms with Gasteiger partial charge in [0.15, 0.2) is 5.58 Å². The summed E-state index contributed by atoms with van der Waals surface area (Å²) >= 11 is 12.0. The van der Waals surface area contributed by atoms with Crippen molar-refractivity contribution in [1.29, 1.82) is 0 Å². The third kappa shape index (κ3) is 3.29. The van der Waals surface area contributed by atoms with Crippen molar-refractivity contribution < 1.29 is 9.52 Å². The molecule has 0 aliphatic heterocycles. The molecule has 0 saturated carbocycles. The average Bonchev–Trinajstić information content (AvgIpc) is 3.06. The van der Waals surface area contributed by atoms with Gasteiger partial charge < -0.3 is 9.52 Å². The predicted molar refractivity (Wildman–Crippen MR) is 105 cm³/mol. The third-order valence-electron chi connectivity index (χ3n) is 3.83. The van der Waals surface area contributed by atoms with Crippen molar-refractivity contribution >= 4 is 46.2 Å². The second kappa shape index (κ2) is 6.83.